The number of phenolic OH excluding ortho intramolecular Hbond substituents is 3. The number of piperazine rings is 1. The predicted molar refractivity (Wildman–Crippen MR) is 252 cm³/mol. The van der Waals surface area contributed by atoms with Crippen LogP contribution in [0.25, 0.3) is 10.8 Å². The number of esters is 1. The topological polar surface area (TPSA) is 229 Å². The summed E-state index contributed by atoms with van der Waals surface area (Å²) in [6, 6.07) is 3.33. The number of ketones is 1. The monoisotopic (exact) mass is 926 g/mol. The normalized spacial score (nSPS) is 29.8. The van der Waals surface area contributed by atoms with Gasteiger partial charge in [-0.15, -0.1) is 6.58 Å². The number of fused-ring (bicyclic) bond motifs is 2. The van der Waals surface area contributed by atoms with Crippen LogP contribution in [0.4, 0.5) is 22.7 Å². The van der Waals surface area contributed by atoms with Gasteiger partial charge in [-0.25, -0.2) is 0 Å². The lowest BCUT2D eigenvalue weighted by atomic mass is 9.78. The summed E-state index contributed by atoms with van der Waals surface area (Å²) < 4.78 is 30.5. The van der Waals surface area contributed by atoms with Crippen LogP contribution in [0.3, 0.4) is 0 Å². The summed E-state index contributed by atoms with van der Waals surface area (Å²) in [6.45, 7) is 20.1. The van der Waals surface area contributed by atoms with Gasteiger partial charge in [-0.1, -0.05) is 52.0 Å². The van der Waals surface area contributed by atoms with Gasteiger partial charge in [0.2, 0.25) is 0 Å². The van der Waals surface area contributed by atoms with Gasteiger partial charge in [-0.2, -0.15) is 0 Å². The highest BCUT2D eigenvalue weighted by Crippen LogP contribution is 2.61. The van der Waals surface area contributed by atoms with Gasteiger partial charge < -0.3 is 64.8 Å². The van der Waals surface area contributed by atoms with Crippen molar-refractivity contribution in [2.24, 2.45) is 23.7 Å². The van der Waals surface area contributed by atoms with Crippen molar-refractivity contribution in [2.75, 3.05) is 55.4 Å². The number of benzene rings is 3. The van der Waals surface area contributed by atoms with Crippen LogP contribution in [0.15, 0.2) is 60.9 Å². The summed E-state index contributed by atoms with van der Waals surface area (Å²) >= 11 is 0. The molecule has 1 fully saturated rings. The van der Waals surface area contributed by atoms with E-state index in [4.69, 9.17) is 23.7 Å². The summed E-state index contributed by atoms with van der Waals surface area (Å²) in [4.78, 5) is 45.7. The molecule has 4 heterocycles. The van der Waals surface area contributed by atoms with Crippen molar-refractivity contribution in [1.82, 2.24) is 4.90 Å². The Labute approximate surface area is 389 Å². The van der Waals surface area contributed by atoms with Gasteiger partial charge in [-0.05, 0) is 19.9 Å². The van der Waals surface area contributed by atoms with E-state index in [0.717, 1.165) is 19.6 Å². The Morgan fingerprint density at radius 2 is 1.61 bits per heavy atom. The molecule has 9 atom stereocenters. The zero-order valence-electron chi connectivity index (χ0n) is 39.4. The molecule has 1 amide bonds. The minimum absolute atomic E-state index is 0.0222. The van der Waals surface area contributed by atoms with E-state index in [9.17, 15) is 39.9 Å². The van der Waals surface area contributed by atoms with Crippen molar-refractivity contribution >= 4 is 51.2 Å². The molecule has 4 aliphatic heterocycles. The van der Waals surface area contributed by atoms with Crippen LogP contribution in [-0.2, 0) is 23.8 Å². The molecule has 4 bridgehead atoms. The SMILES string of the molecule is C=CCN1CCN(c2cc(O)c3c(c2)Oc2c4c(O)c5c(O)c(C)c6c(c5c2N3)C(=O)[C@@](C)(O/C=C/[C@H](OC)[C@@H](C)[C@@H](OC(C)=O)[C@H](C)[C@H](O)[C@H](C)[C@@H](O)[C@@H](C)/C=C/C=C(\C)C(=O)N4)O6)CC1. The Hall–Kier alpha value is -6.27. The number of carbonyl (C=O) groups is 3. The number of aliphatic hydroxyl groups is 2. The number of nitrogens with zero attached hydrogens (tertiary/aromatic N) is 2. The third-order valence-electron chi connectivity index (χ3n) is 13.6. The fourth-order valence-electron chi connectivity index (χ4n) is 9.52. The fourth-order valence-corrected chi connectivity index (χ4v) is 9.52. The number of anilines is 4. The number of rotatable bonds is 5. The van der Waals surface area contributed by atoms with E-state index in [1.165, 1.54) is 46.3 Å². The van der Waals surface area contributed by atoms with E-state index in [0.29, 0.717) is 18.8 Å². The van der Waals surface area contributed by atoms with Gasteiger partial charge in [0.1, 0.15) is 34.7 Å². The first-order valence-corrected chi connectivity index (χ1v) is 22.5. The number of phenols is 3. The van der Waals surface area contributed by atoms with E-state index >= 15 is 0 Å². The molecule has 17 heteroatoms. The highest BCUT2D eigenvalue weighted by molar-refractivity contribution is 6.25. The number of carbonyl (C=O) groups excluding carboxylic acids is 3. The van der Waals surface area contributed by atoms with Gasteiger partial charge >= 0.3 is 11.8 Å². The molecule has 4 aliphatic rings. The highest BCUT2D eigenvalue weighted by Gasteiger charge is 2.50. The molecule has 3 aromatic carbocycles. The average Bonchev–Trinajstić information content (AvgIpc) is 3.56. The second-order valence-corrected chi connectivity index (χ2v) is 18.2. The standard InChI is InChI=1S/C50H62N4O13/c1-11-16-53-17-19-54(20-18-53)31-22-32(56)38-34(23-31)66-47-39(51-38)35-36-43(59)29(7)46-37(35)48(61)50(9,67-46)64-21-15-33(63-10)26(4)45(65-30(8)55)28(6)42(58)27(5)41(57)24(2)13-12-14-25(3)49(62)52-40(47)44(36)60/h11-15,21-24,26-28,33,41-42,45,51,56-60H,1,16-20H2,2-10H3,(H,52,62)/b13-12+,21-15+,25-14+/t24-,26+,27+,28+,33-,41-,42+,45+,50-/m0/s1. The number of methoxy groups -OCH3 is 1. The third-order valence-corrected chi connectivity index (χ3v) is 13.6. The Morgan fingerprint density at radius 1 is 0.910 bits per heavy atom. The zero-order chi connectivity index (χ0) is 48.8. The van der Waals surface area contributed by atoms with Gasteiger partial charge in [0.25, 0.3) is 11.7 Å². The van der Waals surface area contributed by atoms with Crippen molar-refractivity contribution in [3.63, 3.8) is 0 Å². The maximum absolute atomic E-state index is 14.8. The molecular formula is C50H62N4O13. The quantitative estimate of drug-likeness (QED) is 0.0467. The van der Waals surface area contributed by atoms with Gasteiger partial charge in [0.05, 0.1) is 41.2 Å². The number of hydrogen-bond acceptors (Lipinski definition) is 16. The molecule has 0 aromatic heterocycles. The largest absolute Gasteiger partial charge is 0.507 e. The van der Waals surface area contributed by atoms with E-state index in [2.05, 4.69) is 27.0 Å². The lowest BCUT2D eigenvalue weighted by Crippen LogP contribution is -2.46. The number of amides is 1. The Kier molecular flexibility index (Phi) is 13.9. The molecule has 7 N–H and O–H groups in total. The Bertz CT molecular complexity index is 2560. The van der Waals surface area contributed by atoms with Gasteiger partial charge in [-0.3, -0.25) is 19.3 Å². The Balaban J connectivity index is 1.39. The maximum Gasteiger partial charge on any atom is 0.312 e. The summed E-state index contributed by atoms with van der Waals surface area (Å²) in [5, 5.41) is 64.5. The summed E-state index contributed by atoms with van der Waals surface area (Å²) in [5.41, 5.74) is 0.733. The van der Waals surface area contributed by atoms with E-state index in [-0.39, 0.29) is 67.5 Å². The molecule has 7 rings (SSSR count). The summed E-state index contributed by atoms with van der Waals surface area (Å²) in [7, 11) is 1.44. The van der Waals surface area contributed by atoms with Gasteiger partial charge in [0, 0.05) is 112 Å². The maximum atomic E-state index is 14.8. The minimum Gasteiger partial charge on any atom is -0.507 e. The first kappa shape index (κ1) is 48.7. The molecule has 0 aliphatic carbocycles. The number of Topliss-reactive ketones (excluding diaryl/α,β-unsaturated/α-hetero) is 1. The summed E-state index contributed by atoms with van der Waals surface area (Å²) in [5.74, 6) is -7.84. The first-order chi connectivity index (χ1) is 31.7. The second kappa shape index (κ2) is 19.1. The molecule has 0 unspecified atom stereocenters. The molecule has 67 heavy (non-hydrogen) atoms. The van der Waals surface area contributed by atoms with Crippen LogP contribution in [-0.4, -0.2) is 118 Å². The number of hydrogen-bond donors (Lipinski definition) is 7. The predicted octanol–water partition coefficient (Wildman–Crippen LogP) is 6.91. The number of aromatic hydroxyl groups is 3. The molecule has 360 valence electrons. The molecule has 17 nitrogen and oxygen atoms in total. The molecule has 0 saturated carbocycles. The third kappa shape index (κ3) is 9.00. The lowest BCUT2D eigenvalue weighted by Gasteiger charge is -2.38. The van der Waals surface area contributed by atoms with Crippen LogP contribution < -0.4 is 25.0 Å². The fraction of sp³-hybridized carbons (Fsp3) is 0.460. The Morgan fingerprint density at radius 3 is 2.27 bits per heavy atom. The van der Waals surface area contributed by atoms with Crippen molar-refractivity contribution < 1.29 is 63.6 Å². The second-order valence-electron chi connectivity index (χ2n) is 18.2. The zero-order valence-corrected chi connectivity index (χ0v) is 39.4. The van der Waals surface area contributed by atoms with Gasteiger partial charge in [0.15, 0.2) is 17.2 Å². The van der Waals surface area contributed by atoms with Crippen LogP contribution in [0.5, 0.6) is 34.5 Å². The molecule has 0 radical (unpaired) electrons. The van der Waals surface area contributed by atoms with Crippen molar-refractivity contribution in [1.29, 1.82) is 0 Å². The number of nitrogens with one attached hydrogen (secondary N) is 2. The average molecular weight is 927 g/mol. The molecule has 3 aromatic rings. The highest BCUT2D eigenvalue weighted by atomic mass is 16.7. The van der Waals surface area contributed by atoms with E-state index < -0.39 is 83.0 Å². The number of allylic oxidation sites excluding steroid dienone is 2. The van der Waals surface area contributed by atoms with Crippen LogP contribution in [0, 0.1) is 30.6 Å². The minimum atomic E-state index is -2.05. The van der Waals surface area contributed by atoms with Crippen molar-refractivity contribution in [3.8, 4) is 34.5 Å². The molecule has 1 saturated heterocycles. The van der Waals surface area contributed by atoms with Crippen molar-refractivity contribution in [2.45, 2.75) is 85.6 Å². The smallest absolute Gasteiger partial charge is 0.312 e. The van der Waals surface area contributed by atoms with Crippen LogP contribution in [0.2, 0.25) is 0 Å². The number of aliphatic hydroxyl groups excluding tert-OH is 2. The summed E-state index contributed by atoms with van der Waals surface area (Å²) in [6.07, 6.45) is 5.45. The first-order valence-electron chi connectivity index (χ1n) is 22.5. The molecule has 0 spiro atoms. The van der Waals surface area contributed by atoms with Crippen LogP contribution >= 0.6 is 0 Å². The van der Waals surface area contributed by atoms with Crippen LogP contribution in [0.1, 0.15) is 64.4 Å². The molecular weight excluding hydrogens is 865 g/mol. The lowest BCUT2D eigenvalue weighted by molar-refractivity contribution is -0.160. The van der Waals surface area contributed by atoms with E-state index in [1.54, 1.807) is 58.9 Å². The van der Waals surface area contributed by atoms with E-state index in [1.807, 2.05) is 6.08 Å². The van der Waals surface area contributed by atoms with Crippen molar-refractivity contribution in [3.05, 3.63) is 72.1 Å². The number of ether oxygens (including phenoxy) is 5.